The fourth-order valence-corrected chi connectivity index (χ4v) is 3.43. The summed E-state index contributed by atoms with van der Waals surface area (Å²) in [6.45, 7) is 6.85. The summed E-state index contributed by atoms with van der Waals surface area (Å²) < 4.78 is 14.0. The van der Waals surface area contributed by atoms with Gasteiger partial charge in [0.1, 0.15) is 0 Å². The number of nitrogens with zero attached hydrogens (tertiary/aromatic N) is 4. The Morgan fingerprint density at radius 1 is 1.20 bits per heavy atom. The van der Waals surface area contributed by atoms with E-state index in [9.17, 15) is 0 Å². The maximum absolute atomic E-state index is 5.68. The van der Waals surface area contributed by atoms with Crippen LogP contribution in [0.4, 0.5) is 0 Å². The van der Waals surface area contributed by atoms with Crippen molar-refractivity contribution in [3.8, 4) is 11.5 Å². The summed E-state index contributed by atoms with van der Waals surface area (Å²) in [5.74, 6) is 2.53. The quantitative estimate of drug-likeness (QED) is 0.434. The maximum Gasteiger partial charge on any atom is 0.209 e. The normalized spacial score (nSPS) is 10.9. The fraction of sp³-hybridized carbons (Fsp3) is 0.562. The number of thioether (sulfide) groups is 1. The van der Waals surface area contributed by atoms with Crippen LogP contribution in [0.25, 0.3) is 0 Å². The first-order valence-electron chi connectivity index (χ1n) is 8.29. The van der Waals surface area contributed by atoms with Crippen LogP contribution in [0.5, 0.6) is 11.5 Å². The number of halogens is 1. The van der Waals surface area contributed by atoms with Crippen molar-refractivity contribution < 1.29 is 9.47 Å². The van der Waals surface area contributed by atoms with E-state index < -0.39 is 0 Å². The third kappa shape index (κ3) is 6.16. The molecule has 2 rings (SSSR count). The summed E-state index contributed by atoms with van der Waals surface area (Å²) in [6.07, 6.45) is 1.03. The molecule has 0 bridgehead atoms. The van der Waals surface area contributed by atoms with Crippen molar-refractivity contribution in [3.05, 3.63) is 22.2 Å². The number of benzene rings is 1. The van der Waals surface area contributed by atoms with Gasteiger partial charge in [-0.1, -0.05) is 27.7 Å². The van der Waals surface area contributed by atoms with Gasteiger partial charge in [-0.3, -0.25) is 0 Å². The largest absolute Gasteiger partial charge is 0.490 e. The maximum atomic E-state index is 5.68. The molecule has 9 heteroatoms. The highest BCUT2D eigenvalue weighted by molar-refractivity contribution is 9.10. The lowest BCUT2D eigenvalue weighted by molar-refractivity contribution is 0.287. The predicted molar refractivity (Wildman–Crippen MR) is 102 cm³/mol. The summed E-state index contributed by atoms with van der Waals surface area (Å²) >= 11 is 5.28. The topological polar surface area (TPSA) is 74.1 Å². The van der Waals surface area contributed by atoms with Gasteiger partial charge >= 0.3 is 0 Å². The number of nitrogens with one attached hydrogen (secondary N) is 1. The standard InChI is InChI=1S/C16H24BrN5O2S/c1-4-23-14-9-12(13(17)10-15(14)24-5-2)11-18-7-6-8-25-16-19-20-21-22(16)3/h9-10,18H,4-8,11H2,1-3H3. The lowest BCUT2D eigenvalue weighted by atomic mass is 10.2. The van der Waals surface area contributed by atoms with Crippen molar-refractivity contribution in [3.63, 3.8) is 0 Å². The number of hydrogen-bond donors (Lipinski definition) is 1. The molecule has 1 aromatic carbocycles. The average Bonchev–Trinajstić information content (AvgIpc) is 3.00. The minimum Gasteiger partial charge on any atom is -0.490 e. The second-order valence-corrected chi connectivity index (χ2v) is 7.14. The molecule has 1 aromatic heterocycles. The molecule has 0 aliphatic heterocycles. The first-order valence-corrected chi connectivity index (χ1v) is 10.1. The van der Waals surface area contributed by atoms with Crippen LogP contribution in [0.2, 0.25) is 0 Å². The number of aryl methyl sites for hydroxylation is 1. The molecule has 2 aromatic rings. The Morgan fingerprint density at radius 3 is 2.56 bits per heavy atom. The lowest BCUT2D eigenvalue weighted by Gasteiger charge is -2.14. The molecule has 7 nitrogen and oxygen atoms in total. The van der Waals surface area contributed by atoms with Crippen molar-refractivity contribution in [2.75, 3.05) is 25.5 Å². The van der Waals surface area contributed by atoms with Crippen LogP contribution in [-0.2, 0) is 13.6 Å². The Labute approximate surface area is 161 Å². The van der Waals surface area contributed by atoms with Crippen LogP contribution < -0.4 is 14.8 Å². The third-order valence-electron chi connectivity index (χ3n) is 3.34. The van der Waals surface area contributed by atoms with Gasteiger partial charge in [-0.05, 0) is 54.9 Å². The molecule has 0 aliphatic rings. The molecule has 1 heterocycles. The lowest BCUT2D eigenvalue weighted by Crippen LogP contribution is -2.16. The molecule has 0 saturated heterocycles. The molecule has 0 radical (unpaired) electrons. The molecular weight excluding hydrogens is 406 g/mol. The van der Waals surface area contributed by atoms with E-state index in [2.05, 4.69) is 36.8 Å². The molecule has 1 N–H and O–H groups in total. The Morgan fingerprint density at radius 2 is 1.92 bits per heavy atom. The van der Waals surface area contributed by atoms with Crippen LogP contribution in [0, 0.1) is 0 Å². The van der Waals surface area contributed by atoms with Gasteiger partial charge in [-0.2, -0.15) is 0 Å². The Kier molecular flexibility index (Phi) is 8.50. The molecule has 0 amide bonds. The van der Waals surface area contributed by atoms with Crippen molar-refractivity contribution >= 4 is 27.7 Å². The Hall–Kier alpha value is -1.32. The number of ether oxygens (including phenoxy) is 2. The zero-order valence-corrected chi connectivity index (χ0v) is 17.2. The van der Waals surface area contributed by atoms with Gasteiger partial charge in [0.05, 0.1) is 13.2 Å². The number of tetrazole rings is 1. The van der Waals surface area contributed by atoms with Gasteiger partial charge in [0.2, 0.25) is 5.16 Å². The van der Waals surface area contributed by atoms with Crippen LogP contribution in [0.15, 0.2) is 21.8 Å². The SMILES string of the molecule is CCOc1cc(Br)c(CNCCCSc2nnnn2C)cc1OCC. The smallest absolute Gasteiger partial charge is 0.209 e. The van der Waals surface area contributed by atoms with E-state index in [-0.39, 0.29) is 0 Å². The number of hydrogen-bond acceptors (Lipinski definition) is 7. The van der Waals surface area contributed by atoms with Gasteiger partial charge < -0.3 is 14.8 Å². The molecule has 25 heavy (non-hydrogen) atoms. The summed E-state index contributed by atoms with van der Waals surface area (Å²) in [6, 6.07) is 4.01. The number of rotatable bonds is 11. The fourth-order valence-electron chi connectivity index (χ4n) is 2.18. The minimum atomic E-state index is 0.614. The van der Waals surface area contributed by atoms with E-state index in [4.69, 9.17) is 9.47 Å². The minimum absolute atomic E-state index is 0.614. The van der Waals surface area contributed by atoms with E-state index >= 15 is 0 Å². The van der Waals surface area contributed by atoms with Gasteiger partial charge in [-0.25, -0.2) is 4.68 Å². The zero-order chi connectivity index (χ0) is 18.1. The molecule has 138 valence electrons. The second kappa shape index (κ2) is 10.6. The van der Waals surface area contributed by atoms with Crippen LogP contribution in [0.3, 0.4) is 0 Å². The first-order chi connectivity index (χ1) is 12.2. The van der Waals surface area contributed by atoms with Gasteiger partial charge in [0.25, 0.3) is 0 Å². The first kappa shape index (κ1) is 20.0. The molecule has 0 fully saturated rings. The van der Waals surface area contributed by atoms with Crippen LogP contribution in [0.1, 0.15) is 25.8 Å². The molecular formula is C16H24BrN5O2S. The van der Waals surface area contributed by atoms with Crippen molar-refractivity contribution in [1.82, 2.24) is 25.5 Å². The second-order valence-electron chi connectivity index (χ2n) is 5.22. The highest BCUT2D eigenvalue weighted by atomic mass is 79.9. The van der Waals surface area contributed by atoms with Gasteiger partial charge in [-0.15, -0.1) is 5.10 Å². The van der Waals surface area contributed by atoms with E-state index in [1.54, 1.807) is 16.4 Å². The van der Waals surface area contributed by atoms with Gasteiger partial charge in [0.15, 0.2) is 11.5 Å². The molecule has 0 atom stereocenters. The monoisotopic (exact) mass is 429 g/mol. The van der Waals surface area contributed by atoms with Crippen molar-refractivity contribution in [1.29, 1.82) is 0 Å². The van der Waals surface area contributed by atoms with E-state index in [0.29, 0.717) is 13.2 Å². The highest BCUT2D eigenvalue weighted by Crippen LogP contribution is 2.33. The summed E-state index contributed by atoms with van der Waals surface area (Å²) in [7, 11) is 1.85. The molecule has 0 unspecified atom stereocenters. The van der Waals surface area contributed by atoms with Crippen molar-refractivity contribution in [2.45, 2.75) is 32.0 Å². The summed E-state index contributed by atoms with van der Waals surface area (Å²) in [5, 5.41) is 15.7. The van der Waals surface area contributed by atoms with Gasteiger partial charge in [0, 0.05) is 23.8 Å². The average molecular weight is 430 g/mol. The van der Waals surface area contributed by atoms with Crippen molar-refractivity contribution in [2.24, 2.45) is 7.05 Å². The Balaban J connectivity index is 1.79. The predicted octanol–water partition coefficient (Wildman–Crippen LogP) is 3.04. The number of aromatic nitrogens is 4. The summed E-state index contributed by atoms with van der Waals surface area (Å²) in [4.78, 5) is 0. The molecule has 0 spiro atoms. The Bertz CT molecular complexity index is 668. The molecule has 0 aliphatic carbocycles. The zero-order valence-electron chi connectivity index (χ0n) is 14.8. The van der Waals surface area contributed by atoms with E-state index in [1.165, 1.54) is 0 Å². The summed E-state index contributed by atoms with van der Waals surface area (Å²) in [5.41, 5.74) is 1.15. The van der Waals surface area contributed by atoms with E-state index in [0.717, 1.165) is 52.0 Å². The molecule has 0 saturated carbocycles. The van der Waals surface area contributed by atoms with Crippen LogP contribution in [-0.4, -0.2) is 45.7 Å². The van der Waals surface area contributed by atoms with E-state index in [1.807, 2.05) is 33.0 Å². The van der Waals surface area contributed by atoms with Crippen LogP contribution >= 0.6 is 27.7 Å². The third-order valence-corrected chi connectivity index (χ3v) is 5.17. The highest BCUT2D eigenvalue weighted by Gasteiger charge is 2.10.